The zero-order valence-corrected chi connectivity index (χ0v) is 10.7. The second-order valence-corrected chi connectivity index (χ2v) is 3.97. The Morgan fingerprint density at radius 3 is 1.72 bits per heavy atom. The number of hydrogen-bond acceptors (Lipinski definition) is 7. The maximum Gasteiger partial charge on any atom is 0.305 e. The van der Waals surface area contributed by atoms with E-state index in [4.69, 9.17) is 18.9 Å². The third-order valence-electron chi connectivity index (χ3n) is 2.29. The Kier molecular flexibility index (Phi) is 4.66. The molecule has 1 aliphatic rings. The summed E-state index contributed by atoms with van der Waals surface area (Å²) in [5.41, 5.74) is 0. The van der Waals surface area contributed by atoms with Gasteiger partial charge in [0.05, 0.1) is 6.10 Å². The first kappa shape index (κ1) is 14.4. The lowest BCUT2D eigenvalue weighted by atomic mass is 10.1. The van der Waals surface area contributed by atoms with E-state index in [1.54, 1.807) is 6.92 Å². The minimum absolute atomic E-state index is 0.531. The highest BCUT2D eigenvalue weighted by Gasteiger charge is 2.49. The van der Waals surface area contributed by atoms with Crippen molar-refractivity contribution in [3.63, 3.8) is 0 Å². The second kappa shape index (κ2) is 5.81. The summed E-state index contributed by atoms with van der Waals surface area (Å²) in [7, 11) is 0. The van der Waals surface area contributed by atoms with Gasteiger partial charge in [-0.25, -0.2) is 0 Å². The molecule has 0 aromatic rings. The Bertz CT molecular complexity index is 351. The monoisotopic (exact) mass is 260 g/mol. The summed E-state index contributed by atoms with van der Waals surface area (Å²) >= 11 is 0. The van der Waals surface area contributed by atoms with E-state index >= 15 is 0 Å². The highest BCUT2D eigenvalue weighted by Crippen LogP contribution is 2.27. The number of hydrogen-bond donors (Lipinski definition) is 0. The van der Waals surface area contributed by atoms with Gasteiger partial charge in [0.15, 0.2) is 6.10 Å². The van der Waals surface area contributed by atoms with Crippen LogP contribution < -0.4 is 0 Å². The van der Waals surface area contributed by atoms with Gasteiger partial charge in [-0.15, -0.1) is 0 Å². The van der Waals surface area contributed by atoms with Crippen molar-refractivity contribution in [3.8, 4) is 0 Å². The summed E-state index contributed by atoms with van der Waals surface area (Å²) in [6, 6.07) is 0. The summed E-state index contributed by atoms with van der Waals surface area (Å²) in [5, 5.41) is 0. The molecule has 0 aromatic carbocycles. The van der Waals surface area contributed by atoms with Gasteiger partial charge in [0.25, 0.3) is 0 Å². The highest BCUT2D eigenvalue weighted by molar-refractivity contribution is 5.68. The molecule has 0 bridgehead atoms. The molecule has 7 nitrogen and oxygen atoms in total. The normalized spacial score (nSPS) is 30.7. The van der Waals surface area contributed by atoms with Crippen molar-refractivity contribution in [1.29, 1.82) is 0 Å². The quantitative estimate of drug-likeness (QED) is 0.527. The minimum Gasteiger partial charge on any atom is -0.456 e. The van der Waals surface area contributed by atoms with Crippen LogP contribution in [0.4, 0.5) is 0 Å². The molecule has 0 saturated carbocycles. The van der Waals surface area contributed by atoms with Crippen LogP contribution in [0.5, 0.6) is 0 Å². The number of carbonyl (C=O) groups excluding carboxylic acids is 3. The van der Waals surface area contributed by atoms with Crippen LogP contribution in [0.3, 0.4) is 0 Å². The largest absolute Gasteiger partial charge is 0.456 e. The van der Waals surface area contributed by atoms with Crippen molar-refractivity contribution < 1.29 is 33.3 Å². The Balaban J connectivity index is 2.83. The molecule has 1 heterocycles. The van der Waals surface area contributed by atoms with Gasteiger partial charge in [0.2, 0.25) is 12.4 Å². The molecule has 18 heavy (non-hydrogen) atoms. The summed E-state index contributed by atoms with van der Waals surface area (Å²) in [4.78, 5) is 32.9. The third-order valence-corrected chi connectivity index (χ3v) is 2.29. The molecule has 0 radical (unpaired) electrons. The number of ether oxygens (including phenoxy) is 4. The Labute approximate surface area is 104 Å². The molecule has 1 fully saturated rings. The van der Waals surface area contributed by atoms with Gasteiger partial charge in [0.1, 0.15) is 0 Å². The van der Waals surface area contributed by atoms with Gasteiger partial charge >= 0.3 is 17.9 Å². The minimum atomic E-state index is -1.06. The van der Waals surface area contributed by atoms with Gasteiger partial charge in [-0.05, 0) is 6.92 Å². The van der Waals surface area contributed by atoms with Crippen molar-refractivity contribution >= 4 is 17.9 Å². The van der Waals surface area contributed by atoms with Crippen LogP contribution in [0.15, 0.2) is 0 Å². The van der Waals surface area contributed by atoms with Crippen molar-refractivity contribution in [3.05, 3.63) is 0 Å². The molecular formula is C11H16O7. The Morgan fingerprint density at radius 1 is 0.833 bits per heavy atom. The lowest BCUT2D eigenvalue weighted by Crippen LogP contribution is -2.40. The lowest BCUT2D eigenvalue weighted by molar-refractivity contribution is -0.194. The van der Waals surface area contributed by atoms with E-state index in [0.717, 1.165) is 0 Å². The first-order valence-electron chi connectivity index (χ1n) is 5.48. The van der Waals surface area contributed by atoms with E-state index < -0.39 is 42.5 Å². The molecule has 1 rings (SSSR count). The standard InChI is InChI=1S/C11H16O7/c1-5-9(16-6(2)12)10(17-7(3)13)11(15-5)18-8(4)14/h5,9-11H,1-4H3. The van der Waals surface area contributed by atoms with Gasteiger partial charge < -0.3 is 18.9 Å². The summed E-state index contributed by atoms with van der Waals surface area (Å²) in [6.07, 6.45) is -3.35. The van der Waals surface area contributed by atoms with E-state index in [9.17, 15) is 14.4 Å². The van der Waals surface area contributed by atoms with Crippen molar-refractivity contribution in [2.75, 3.05) is 0 Å². The van der Waals surface area contributed by atoms with Gasteiger partial charge in [-0.3, -0.25) is 14.4 Å². The Morgan fingerprint density at radius 2 is 1.28 bits per heavy atom. The van der Waals surface area contributed by atoms with E-state index in [1.807, 2.05) is 0 Å². The predicted octanol–water partition coefficient (Wildman–Crippen LogP) is 0.158. The molecule has 4 unspecified atom stereocenters. The van der Waals surface area contributed by atoms with Crippen molar-refractivity contribution in [1.82, 2.24) is 0 Å². The van der Waals surface area contributed by atoms with Crippen LogP contribution in [-0.2, 0) is 33.3 Å². The maximum atomic E-state index is 11.0. The predicted molar refractivity (Wildman–Crippen MR) is 57.2 cm³/mol. The fourth-order valence-corrected chi connectivity index (χ4v) is 1.72. The van der Waals surface area contributed by atoms with Gasteiger partial charge in [-0.1, -0.05) is 0 Å². The first-order chi connectivity index (χ1) is 8.31. The van der Waals surface area contributed by atoms with E-state index in [0.29, 0.717) is 0 Å². The maximum absolute atomic E-state index is 11.0. The highest BCUT2D eigenvalue weighted by atomic mass is 16.7. The first-order valence-corrected chi connectivity index (χ1v) is 5.48. The second-order valence-electron chi connectivity index (χ2n) is 3.97. The van der Waals surface area contributed by atoms with Crippen LogP contribution in [-0.4, -0.2) is 42.5 Å². The van der Waals surface area contributed by atoms with E-state index in [1.165, 1.54) is 20.8 Å². The average molecular weight is 260 g/mol. The third kappa shape index (κ3) is 3.69. The molecule has 0 amide bonds. The number of rotatable bonds is 3. The van der Waals surface area contributed by atoms with Gasteiger partial charge in [0, 0.05) is 20.8 Å². The summed E-state index contributed by atoms with van der Waals surface area (Å²) < 4.78 is 20.2. The molecule has 1 saturated heterocycles. The summed E-state index contributed by atoms with van der Waals surface area (Å²) in [6.45, 7) is 5.28. The van der Waals surface area contributed by atoms with Crippen molar-refractivity contribution in [2.45, 2.75) is 52.3 Å². The molecule has 7 heteroatoms. The number of esters is 3. The number of carbonyl (C=O) groups is 3. The van der Waals surface area contributed by atoms with Crippen LogP contribution in [0.25, 0.3) is 0 Å². The van der Waals surface area contributed by atoms with Crippen LogP contribution in [0, 0.1) is 0 Å². The summed E-state index contributed by atoms with van der Waals surface area (Å²) in [5.74, 6) is -1.68. The molecule has 0 aliphatic carbocycles. The van der Waals surface area contributed by atoms with Crippen LogP contribution in [0.2, 0.25) is 0 Å². The smallest absolute Gasteiger partial charge is 0.305 e. The van der Waals surface area contributed by atoms with Gasteiger partial charge in [-0.2, -0.15) is 0 Å². The molecule has 0 N–H and O–H groups in total. The zero-order valence-electron chi connectivity index (χ0n) is 10.7. The fourth-order valence-electron chi connectivity index (χ4n) is 1.72. The average Bonchev–Trinajstić information content (AvgIpc) is 2.43. The fraction of sp³-hybridized carbons (Fsp3) is 0.727. The Hall–Kier alpha value is -1.63. The molecule has 0 aromatic heterocycles. The van der Waals surface area contributed by atoms with Crippen LogP contribution in [0.1, 0.15) is 27.7 Å². The molecular weight excluding hydrogens is 244 g/mol. The van der Waals surface area contributed by atoms with E-state index in [-0.39, 0.29) is 0 Å². The molecule has 4 atom stereocenters. The zero-order chi connectivity index (χ0) is 13.9. The molecule has 1 aliphatic heterocycles. The van der Waals surface area contributed by atoms with Crippen molar-refractivity contribution in [2.24, 2.45) is 0 Å². The van der Waals surface area contributed by atoms with Crippen LogP contribution >= 0.6 is 0 Å². The molecule has 102 valence electrons. The lowest BCUT2D eigenvalue weighted by Gasteiger charge is -2.22. The SMILES string of the molecule is CC(=O)OC1OC(C)C(OC(C)=O)C1OC(C)=O. The van der Waals surface area contributed by atoms with E-state index in [2.05, 4.69) is 0 Å². The topological polar surface area (TPSA) is 88.1 Å². The molecule has 0 spiro atoms.